The molecule has 2 N–H and O–H groups in total. The molecule has 1 aromatic carbocycles. The SMILES string of the molecule is C#CCNC(C)c1cc(F)cc(F)c1O. The number of halogens is 2. The van der Waals surface area contributed by atoms with Gasteiger partial charge in [-0.25, -0.2) is 8.78 Å². The van der Waals surface area contributed by atoms with E-state index in [0.29, 0.717) is 6.07 Å². The zero-order chi connectivity index (χ0) is 11.4. The fourth-order valence-electron chi connectivity index (χ4n) is 1.24. The van der Waals surface area contributed by atoms with Crippen LogP contribution in [0.4, 0.5) is 8.78 Å². The van der Waals surface area contributed by atoms with Crippen molar-refractivity contribution in [3.63, 3.8) is 0 Å². The summed E-state index contributed by atoms with van der Waals surface area (Å²) in [7, 11) is 0. The van der Waals surface area contributed by atoms with E-state index in [1.165, 1.54) is 0 Å². The summed E-state index contributed by atoms with van der Waals surface area (Å²) in [5, 5.41) is 12.2. The van der Waals surface area contributed by atoms with Gasteiger partial charge in [-0.15, -0.1) is 6.42 Å². The molecule has 0 spiro atoms. The Labute approximate surface area is 86.9 Å². The van der Waals surface area contributed by atoms with Crippen LogP contribution in [0.15, 0.2) is 12.1 Å². The standard InChI is InChI=1S/C11H11F2NO/c1-3-4-14-7(2)9-5-8(12)6-10(13)11(9)15/h1,5-7,14-15H,4H2,2H3. The molecule has 1 rings (SSSR count). The average Bonchev–Trinajstić information content (AvgIpc) is 2.19. The van der Waals surface area contributed by atoms with Crippen LogP contribution in [-0.2, 0) is 0 Å². The summed E-state index contributed by atoms with van der Waals surface area (Å²) in [6, 6.07) is 1.30. The number of terminal acetylenes is 1. The highest BCUT2D eigenvalue weighted by molar-refractivity contribution is 5.36. The average molecular weight is 211 g/mol. The molecule has 80 valence electrons. The molecular formula is C11H11F2NO. The van der Waals surface area contributed by atoms with Crippen molar-refractivity contribution in [3.8, 4) is 18.1 Å². The molecule has 0 aliphatic heterocycles. The lowest BCUT2D eigenvalue weighted by Gasteiger charge is -2.14. The lowest BCUT2D eigenvalue weighted by molar-refractivity contribution is 0.412. The Bertz CT molecular complexity index is 398. The second-order valence-corrected chi connectivity index (χ2v) is 3.13. The fourth-order valence-corrected chi connectivity index (χ4v) is 1.24. The van der Waals surface area contributed by atoms with Crippen LogP contribution in [0, 0.1) is 24.0 Å². The number of aromatic hydroxyl groups is 1. The summed E-state index contributed by atoms with van der Waals surface area (Å²) in [6.45, 7) is 1.92. The van der Waals surface area contributed by atoms with Gasteiger partial charge < -0.3 is 5.11 Å². The molecule has 1 atom stereocenters. The minimum Gasteiger partial charge on any atom is -0.505 e. The lowest BCUT2D eigenvalue weighted by Crippen LogP contribution is -2.19. The molecule has 0 fully saturated rings. The molecule has 0 aromatic heterocycles. The smallest absolute Gasteiger partial charge is 0.168 e. The molecule has 1 aromatic rings. The van der Waals surface area contributed by atoms with E-state index >= 15 is 0 Å². The Morgan fingerprint density at radius 3 is 2.80 bits per heavy atom. The van der Waals surface area contributed by atoms with Crippen molar-refractivity contribution in [2.24, 2.45) is 0 Å². The first kappa shape index (κ1) is 11.5. The van der Waals surface area contributed by atoms with Gasteiger partial charge >= 0.3 is 0 Å². The number of hydrogen-bond donors (Lipinski definition) is 2. The molecular weight excluding hydrogens is 200 g/mol. The molecule has 0 aliphatic rings. The Kier molecular flexibility index (Phi) is 3.64. The second-order valence-electron chi connectivity index (χ2n) is 3.13. The van der Waals surface area contributed by atoms with Gasteiger partial charge in [0, 0.05) is 17.7 Å². The zero-order valence-electron chi connectivity index (χ0n) is 8.22. The van der Waals surface area contributed by atoms with E-state index in [2.05, 4.69) is 11.2 Å². The van der Waals surface area contributed by atoms with Gasteiger partial charge in [-0.05, 0) is 13.0 Å². The summed E-state index contributed by atoms with van der Waals surface area (Å²) < 4.78 is 25.8. The Morgan fingerprint density at radius 1 is 1.53 bits per heavy atom. The zero-order valence-corrected chi connectivity index (χ0v) is 8.22. The minimum atomic E-state index is -0.973. The quantitative estimate of drug-likeness (QED) is 0.749. The van der Waals surface area contributed by atoms with Gasteiger partial charge in [0.15, 0.2) is 11.6 Å². The third-order valence-corrected chi connectivity index (χ3v) is 2.03. The van der Waals surface area contributed by atoms with Gasteiger partial charge in [-0.3, -0.25) is 5.32 Å². The Balaban J connectivity index is 2.98. The maximum atomic E-state index is 13.0. The van der Waals surface area contributed by atoms with E-state index in [1.807, 2.05) is 0 Å². The van der Waals surface area contributed by atoms with Crippen molar-refractivity contribution in [1.82, 2.24) is 5.32 Å². The third-order valence-electron chi connectivity index (χ3n) is 2.03. The summed E-state index contributed by atoms with van der Waals surface area (Å²) in [5.74, 6) is 0.0891. The van der Waals surface area contributed by atoms with E-state index in [1.54, 1.807) is 6.92 Å². The van der Waals surface area contributed by atoms with E-state index in [9.17, 15) is 13.9 Å². The van der Waals surface area contributed by atoms with E-state index in [4.69, 9.17) is 6.42 Å². The summed E-state index contributed by atoms with van der Waals surface area (Å²) in [6.07, 6.45) is 5.03. The molecule has 0 saturated heterocycles. The van der Waals surface area contributed by atoms with Crippen LogP contribution in [0.25, 0.3) is 0 Å². The number of rotatable bonds is 3. The van der Waals surface area contributed by atoms with Crippen LogP contribution in [-0.4, -0.2) is 11.7 Å². The van der Waals surface area contributed by atoms with Crippen molar-refractivity contribution in [2.75, 3.05) is 6.54 Å². The van der Waals surface area contributed by atoms with Crippen LogP contribution >= 0.6 is 0 Å². The van der Waals surface area contributed by atoms with Crippen LogP contribution in [0.5, 0.6) is 5.75 Å². The van der Waals surface area contributed by atoms with Gasteiger partial charge in [0.2, 0.25) is 0 Å². The number of nitrogens with one attached hydrogen (secondary N) is 1. The molecule has 2 nitrogen and oxygen atoms in total. The number of benzene rings is 1. The Morgan fingerprint density at radius 2 is 2.20 bits per heavy atom. The van der Waals surface area contributed by atoms with Crippen LogP contribution < -0.4 is 5.32 Å². The minimum absolute atomic E-state index is 0.155. The van der Waals surface area contributed by atoms with E-state index < -0.39 is 23.4 Å². The maximum Gasteiger partial charge on any atom is 0.168 e. The van der Waals surface area contributed by atoms with E-state index in [0.717, 1.165) is 6.07 Å². The van der Waals surface area contributed by atoms with Crippen molar-refractivity contribution in [3.05, 3.63) is 29.3 Å². The fraction of sp³-hybridized carbons (Fsp3) is 0.273. The maximum absolute atomic E-state index is 13.0. The highest BCUT2D eigenvalue weighted by Gasteiger charge is 2.14. The molecule has 4 heteroatoms. The highest BCUT2D eigenvalue weighted by Crippen LogP contribution is 2.27. The summed E-state index contributed by atoms with van der Waals surface area (Å²) in [5.41, 5.74) is 0.155. The molecule has 0 radical (unpaired) electrons. The summed E-state index contributed by atoms with van der Waals surface area (Å²) in [4.78, 5) is 0. The van der Waals surface area contributed by atoms with Crippen molar-refractivity contribution >= 4 is 0 Å². The van der Waals surface area contributed by atoms with Crippen LogP contribution in [0.1, 0.15) is 18.5 Å². The van der Waals surface area contributed by atoms with Gasteiger partial charge in [0.05, 0.1) is 6.54 Å². The molecule has 0 amide bonds. The molecule has 15 heavy (non-hydrogen) atoms. The number of phenols is 1. The monoisotopic (exact) mass is 211 g/mol. The van der Waals surface area contributed by atoms with E-state index in [-0.39, 0.29) is 12.1 Å². The van der Waals surface area contributed by atoms with Crippen molar-refractivity contribution < 1.29 is 13.9 Å². The Hall–Kier alpha value is -1.60. The molecule has 1 unspecified atom stereocenters. The third kappa shape index (κ3) is 2.67. The first-order valence-corrected chi connectivity index (χ1v) is 4.41. The largest absolute Gasteiger partial charge is 0.505 e. The molecule has 0 saturated carbocycles. The molecule has 0 aliphatic carbocycles. The topological polar surface area (TPSA) is 32.3 Å². The van der Waals surface area contributed by atoms with Gasteiger partial charge in [0.1, 0.15) is 5.82 Å². The van der Waals surface area contributed by atoms with Gasteiger partial charge in [-0.2, -0.15) is 0 Å². The van der Waals surface area contributed by atoms with Crippen LogP contribution in [0.3, 0.4) is 0 Å². The predicted molar refractivity (Wildman–Crippen MR) is 53.3 cm³/mol. The molecule has 0 bridgehead atoms. The van der Waals surface area contributed by atoms with Crippen molar-refractivity contribution in [2.45, 2.75) is 13.0 Å². The first-order valence-electron chi connectivity index (χ1n) is 4.41. The second kappa shape index (κ2) is 4.76. The number of phenolic OH excluding ortho intramolecular Hbond substituents is 1. The van der Waals surface area contributed by atoms with Crippen LogP contribution in [0.2, 0.25) is 0 Å². The summed E-state index contributed by atoms with van der Waals surface area (Å²) >= 11 is 0. The number of hydrogen-bond acceptors (Lipinski definition) is 2. The first-order chi connectivity index (χ1) is 7.06. The van der Waals surface area contributed by atoms with Gasteiger partial charge in [-0.1, -0.05) is 5.92 Å². The normalized spacial score (nSPS) is 12.1. The lowest BCUT2D eigenvalue weighted by atomic mass is 10.1. The van der Waals surface area contributed by atoms with Crippen molar-refractivity contribution in [1.29, 1.82) is 0 Å². The predicted octanol–water partition coefficient (Wildman–Crippen LogP) is 1.95. The molecule has 0 heterocycles. The highest BCUT2D eigenvalue weighted by atomic mass is 19.1. The van der Waals surface area contributed by atoms with Gasteiger partial charge in [0.25, 0.3) is 0 Å².